The molecule has 4 rings (SSSR count). The summed E-state index contributed by atoms with van der Waals surface area (Å²) in [6, 6.07) is -8.11. The predicted molar refractivity (Wildman–Crippen MR) is 354 cm³/mol. The molecule has 0 aromatic carbocycles. The van der Waals surface area contributed by atoms with Gasteiger partial charge >= 0.3 is 6.18 Å². The summed E-state index contributed by atoms with van der Waals surface area (Å²) < 4.78 is 56.7. The molecule has 542 valence electrons. The number of hydrogen-bond donors (Lipinski definition) is 4. The van der Waals surface area contributed by atoms with E-state index >= 15 is 9.18 Å². The standard InChI is InChI=1S/C68H114ClF4N11O11/c1-17-42(6)59-65(94)80(12)38-57(87)78(10)39-58(88)83(15)54(36-46-23-27-47(69)28-24-46)64(93)79(11)37-55(85)74-50(30-26-45-25-29-48(49(70)34-45)68(71,72)73)60(89)75-52(35-44-21-19-18-20-22-44)63(92)84(16)67(8,9)66(95)76-51(31-40(2)3)62(91)81(13)43(7)33-56(86)82(14)53(32-41(4)5)61(90)77-59/h40-54,59H,17-39H2,1-16H3,(H,74,85)(H,75,89)(H,76,95)(H,77,90)/t42-,43+,45?,46?,47?,48?,49?,50-,51-,52-,53-,54-,59-/m0/s1. The van der Waals surface area contributed by atoms with Gasteiger partial charge in [-0.05, 0) is 140 Å². The Labute approximate surface area is 566 Å². The maximum atomic E-state index is 15.3. The number of rotatable bonds is 13. The second kappa shape index (κ2) is 36.7. The number of carbonyl (C=O) groups excluding carboxylic acids is 11. The molecule has 11 amide bonds. The summed E-state index contributed by atoms with van der Waals surface area (Å²) in [5, 5.41) is 11.3. The quantitative estimate of drug-likeness (QED) is 0.110. The van der Waals surface area contributed by atoms with Crippen LogP contribution in [0.3, 0.4) is 0 Å². The normalized spacial score (nSPS) is 30.2. The van der Waals surface area contributed by atoms with Gasteiger partial charge in [-0.1, -0.05) is 80.1 Å². The van der Waals surface area contributed by atoms with Crippen LogP contribution >= 0.6 is 11.6 Å². The number of alkyl halides is 5. The number of carbonyl (C=O) groups is 11. The highest BCUT2D eigenvalue weighted by Gasteiger charge is 2.49. The van der Waals surface area contributed by atoms with E-state index in [9.17, 15) is 61.1 Å². The Hall–Kier alpha value is -5.82. The molecule has 0 aromatic rings. The van der Waals surface area contributed by atoms with Crippen molar-refractivity contribution in [1.29, 1.82) is 0 Å². The number of hydrogen-bond acceptors (Lipinski definition) is 11. The molecule has 11 atom stereocenters. The van der Waals surface area contributed by atoms with E-state index in [2.05, 4.69) is 21.3 Å². The van der Waals surface area contributed by atoms with Gasteiger partial charge in [0.2, 0.25) is 65.0 Å². The molecule has 1 aliphatic heterocycles. The van der Waals surface area contributed by atoms with E-state index in [-0.39, 0.29) is 80.4 Å². The first-order valence-corrected chi connectivity index (χ1v) is 35.0. The van der Waals surface area contributed by atoms with Gasteiger partial charge in [-0.15, -0.1) is 11.6 Å². The zero-order valence-electron chi connectivity index (χ0n) is 59.5. The molecule has 22 nitrogen and oxygen atoms in total. The smallest absolute Gasteiger partial charge is 0.343 e. The molecule has 0 bridgehead atoms. The number of nitrogens with zero attached hydrogens (tertiary/aromatic N) is 7. The Bertz CT molecular complexity index is 2640. The molecule has 3 aliphatic carbocycles. The maximum Gasteiger partial charge on any atom is 0.394 e. The summed E-state index contributed by atoms with van der Waals surface area (Å²) in [6.45, 7) is 14.0. The lowest BCUT2D eigenvalue weighted by Crippen LogP contribution is -2.63. The summed E-state index contributed by atoms with van der Waals surface area (Å²) in [6.07, 6.45) is -0.579. The SMILES string of the molecule is CC[C@H](C)[C@@H]1NC(=O)[C@H](CC(C)C)N(C)C(=O)C[C@@H](C)N(C)C(=O)[C@H](CC(C)C)NC(=O)C(C)(C)N(C)C(=O)[C@H](CC2CCCCC2)NC(=O)[C@H](CCC2CCC(C(F)(F)F)C(F)C2)NC(=O)CN(C)C(=O)[C@H](CC2CCC(Cl)CC2)N(C)C(=O)CN(C)C(=O)CN(C)C1=O. The van der Waals surface area contributed by atoms with Gasteiger partial charge in [0.1, 0.15) is 48.0 Å². The Balaban J connectivity index is 1.83. The number of likely N-dealkylation sites (N-methyl/N-ethyl adjacent to an activating group) is 7. The zero-order valence-corrected chi connectivity index (χ0v) is 60.3. The van der Waals surface area contributed by atoms with E-state index in [1.54, 1.807) is 13.8 Å². The summed E-state index contributed by atoms with van der Waals surface area (Å²) in [5.41, 5.74) is -1.70. The van der Waals surface area contributed by atoms with E-state index in [1.165, 1.54) is 82.8 Å². The second-order valence-electron chi connectivity index (χ2n) is 29.5. The van der Waals surface area contributed by atoms with E-state index < -0.39 is 175 Å². The number of halogens is 5. The van der Waals surface area contributed by atoms with Crippen molar-refractivity contribution in [3.05, 3.63) is 0 Å². The fourth-order valence-electron chi connectivity index (χ4n) is 13.5. The van der Waals surface area contributed by atoms with Crippen molar-refractivity contribution in [2.75, 3.05) is 69.0 Å². The second-order valence-corrected chi connectivity index (χ2v) is 30.1. The van der Waals surface area contributed by atoms with Crippen LogP contribution in [0.1, 0.15) is 191 Å². The maximum absolute atomic E-state index is 15.3. The van der Waals surface area contributed by atoms with Crippen LogP contribution in [0.25, 0.3) is 0 Å². The van der Waals surface area contributed by atoms with Crippen LogP contribution in [0.4, 0.5) is 17.6 Å². The Morgan fingerprint density at radius 2 is 1.11 bits per heavy atom. The first-order chi connectivity index (χ1) is 44.2. The van der Waals surface area contributed by atoms with Crippen molar-refractivity contribution >= 4 is 76.6 Å². The fourth-order valence-corrected chi connectivity index (χ4v) is 13.8. The molecule has 0 radical (unpaired) electrons. The van der Waals surface area contributed by atoms with Crippen molar-refractivity contribution in [3.63, 3.8) is 0 Å². The molecule has 1 saturated heterocycles. The molecule has 0 spiro atoms. The van der Waals surface area contributed by atoms with E-state index in [1.807, 2.05) is 34.6 Å². The molecule has 0 aromatic heterocycles. The number of nitrogens with one attached hydrogen (secondary N) is 4. The summed E-state index contributed by atoms with van der Waals surface area (Å²) >= 11 is 6.49. The first-order valence-electron chi connectivity index (χ1n) is 34.6. The largest absolute Gasteiger partial charge is 0.394 e. The molecule has 95 heavy (non-hydrogen) atoms. The van der Waals surface area contributed by atoms with Crippen molar-refractivity contribution in [1.82, 2.24) is 55.6 Å². The van der Waals surface area contributed by atoms with Crippen LogP contribution in [-0.2, 0) is 52.7 Å². The van der Waals surface area contributed by atoms with Crippen LogP contribution in [0.15, 0.2) is 0 Å². The third kappa shape index (κ3) is 23.7. The van der Waals surface area contributed by atoms with Crippen molar-refractivity contribution in [3.8, 4) is 0 Å². The molecule has 1 heterocycles. The molecule has 4 aliphatic rings. The van der Waals surface area contributed by atoms with E-state index in [4.69, 9.17) is 11.6 Å². The summed E-state index contributed by atoms with van der Waals surface area (Å²) in [4.78, 5) is 169. The van der Waals surface area contributed by atoms with E-state index in [0.717, 1.165) is 46.8 Å². The minimum atomic E-state index is -4.75. The Morgan fingerprint density at radius 1 is 0.547 bits per heavy atom. The third-order valence-electron chi connectivity index (χ3n) is 20.7. The van der Waals surface area contributed by atoms with Gasteiger partial charge in [0.15, 0.2) is 0 Å². The van der Waals surface area contributed by atoms with Crippen molar-refractivity contribution < 1.29 is 70.3 Å². The van der Waals surface area contributed by atoms with Crippen molar-refractivity contribution in [2.45, 2.75) is 256 Å². The van der Waals surface area contributed by atoms with Crippen LogP contribution in [-0.4, -0.2) is 234 Å². The lowest BCUT2D eigenvalue weighted by Gasteiger charge is -2.39. The molecule has 4 fully saturated rings. The minimum Gasteiger partial charge on any atom is -0.343 e. The number of amides is 11. The lowest BCUT2D eigenvalue weighted by atomic mass is 9.78. The van der Waals surface area contributed by atoms with Crippen LogP contribution in [0.5, 0.6) is 0 Å². The zero-order chi connectivity index (χ0) is 71.7. The third-order valence-corrected chi connectivity index (χ3v) is 21.1. The van der Waals surface area contributed by atoms with Gasteiger partial charge in [0, 0.05) is 67.2 Å². The lowest BCUT2D eigenvalue weighted by molar-refractivity contribution is -0.201. The average molecular weight is 1370 g/mol. The van der Waals surface area contributed by atoms with Gasteiger partial charge in [-0.3, -0.25) is 52.7 Å². The highest BCUT2D eigenvalue weighted by Crippen LogP contribution is 2.43. The van der Waals surface area contributed by atoms with Gasteiger partial charge < -0.3 is 55.6 Å². The molecule has 3 saturated carbocycles. The van der Waals surface area contributed by atoms with Crippen LogP contribution < -0.4 is 21.3 Å². The molecular formula is C68H114ClF4N11O11. The van der Waals surface area contributed by atoms with Gasteiger partial charge in [-0.25, -0.2) is 4.39 Å². The summed E-state index contributed by atoms with van der Waals surface area (Å²) in [5.74, 6) is -10.9. The van der Waals surface area contributed by atoms with E-state index in [0.29, 0.717) is 32.1 Å². The average Bonchev–Trinajstić information content (AvgIpc) is 0.834. The first kappa shape index (κ1) is 81.6. The minimum absolute atomic E-state index is 0.00268. The van der Waals surface area contributed by atoms with Gasteiger partial charge in [-0.2, -0.15) is 13.2 Å². The van der Waals surface area contributed by atoms with Crippen LogP contribution in [0.2, 0.25) is 0 Å². The van der Waals surface area contributed by atoms with Gasteiger partial charge in [0.05, 0.1) is 25.6 Å². The van der Waals surface area contributed by atoms with Crippen LogP contribution in [0, 0.1) is 41.4 Å². The topological polar surface area (TPSA) is 259 Å². The Morgan fingerprint density at radius 3 is 1.67 bits per heavy atom. The molecular weight excluding hydrogens is 1260 g/mol. The predicted octanol–water partition coefficient (Wildman–Crippen LogP) is 6.84. The Kier molecular flexibility index (Phi) is 31.5. The fraction of sp³-hybridized carbons (Fsp3) is 0.838. The highest BCUT2D eigenvalue weighted by molar-refractivity contribution is 6.20. The molecule has 27 heteroatoms. The summed E-state index contributed by atoms with van der Waals surface area (Å²) in [7, 11) is 9.89. The molecule has 3 unspecified atom stereocenters. The highest BCUT2D eigenvalue weighted by atomic mass is 35.5. The molecule has 4 N–H and O–H groups in total. The van der Waals surface area contributed by atoms with Crippen molar-refractivity contribution in [2.24, 2.45) is 41.4 Å². The van der Waals surface area contributed by atoms with Gasteiger partial charge in [0.25, 0.3) is 0 Å². The monoisotopic (exact) mass is 1370 g/mol.